The van der Waals surface area contributed by atoms with Gasteiger partial charge >= 0.3 is 5.97 Å². The minimum atomic E-state index is -0.499. The molecule has 0 saturated heterocycles. The van der Waals surface area contributed by atoms with Gasteiger partial charge in [0.25, 0.3) is 5.91 Å². The largest absolute Gasteiger partial charge is 0.497 e. The highest BCUT2D eigenvalue weighted by molar-refractivity contribution is 7.17. The highest BCUT2D eigenvalue weighted by atomic mass is 35.5. The molecule has 3 rings (SSSR count). The topological polar surface area (TPSA) is 90.4 Å². The smallest absolute Gasteiger partial charge is 0.348 e. The zero-order chi connectivity index (χ0) is 18.5. The van der Waals surface area contributed by atoms with Gasteiger partial charge in [0.2, 0.25) is 5.01 Å². The van der Waals surface area contributed by atoms with E-state index in [1.807, 2.05) is 0 Å². The first kappa shape index (κ1) is 18.3. The van der Waals surface area contributed by atoms with Gasteiger partial charge in [-0.3, -0.25) is 4.79 Å². The molecule has 1 aromatic carbocycles. The quantitative estimate of drug-likeness (QED) is 0.621. The van der Waals surface area contributed by atoms with Crippen LogP contribution in [0, 0.1) is 0 Å². The van der Waals surface area contributed by atoms with Gasteiger partial charge in [0, 0.05) is 5.69 Å². The fourth-order valence-electron chi connectivity index (χ4n) is 1.89. The summed E-state index contributed by atoms with van der Waals surface area (Å²) in [6.45, 7) is -0.0676. The number of methoxy groups -OCH3 is 1. The maximum absolute atomic E-state index is 12.2. The number of esters is 1. The number of aromatic nitrogens is 2. The second-order valence-electron chi connectivity index (χ2n) is 4.86. The number of thiophene rings is 1. The number of hydrogen-bond donors (Lipinski definition) is 1. The molecular weight excluding hydrogens is 398 g/mol. The third-order valence-electron chi connectivity index (χ3n) is 3.11. The first-order valence-corrected chi connectivity index (χ1v) is 9.26. The third kappa shape index (κ3) is 4.57. The average Bonchev–Trinajstić information content (AvgIpc) is 3.29. The SMILES string of the molecule is COc1ccc(NC(=O)c2nnc(COC(=O)c3ccc(Cl)s3)s2)cc1. The Bertz CT molecular complexity index is 924. The van der Waals surface area contributed by atoms with Crippen LogP contribution in [0.1, 0.15) is 24.5 Å². The van der Waals surface area contributed by atoms with E-state index in [1.54, 1.807) is 43.5 Å². The van der Waals surface area contributed by atoms with Crippen LogP contribution in [-0.4, -0.2) is 29.2 Å². The first-order chi connectivity index (χ1) is 12.5. The van der Waals surface area contributed by atoms with Crippen molar-refractivity contribution in [2.24, 2.45) is 0 Å². The van der Waals surface area contributed by atoms with Gasteiger partial charge in [-0.15, -0.1) is 21.5 Å². The van der Waals surface area contributed by atoms with Crippen LogP contribution < -0.4 is 10.1 Å². The van der Waals surface area contributed by atoms with Crippen molar-refractivity contribution >= 4 is 51.8 Å². The summed E-state index contributed by atoms with van der Waals surface area (Å²) in [4.78, 5) is 24.5. The molecule has 0 aliphatic carbocycles. The van der Waals surface area contributed by atoms with E-state index in [9.17, 15) is 9.59 Å². The summed E-state index contributed by atoms with van der Waals surface area (Å²) in [5.41, 5.74) is 0.605. The molecule has 7 nitrogen and oxygen atoms in total. The van der Waals surface area contributed by atoms with Crippen molar-refractivity contribution in [2.45, 2.75) is 6.61 Å². The number of hydrogen-bond acceptors (Lipinski definition) is 8. The first-order valence-electron chi connectivity index (χ1n) is 7.25. The molecule has 26 heavy (non-hydrogen) atoms. The molecule has 0 aliphatic rings. The summed E-state index contributed by atoms with van der Waals surface area (Å²) in [7, 11) is 1.57. The van der Waals surface area contributed by atoms with Gasteiger partial charge in [-0.2, -0.15) is 0 Å². The maximum atomic E-state index is 12.2. The zero-order valence-electron chi connectivity index (χ0n) is 13.4. The third-order valence-corrected chi connectivity index (χ3v) is 5.22. The van der Waals surface area contributed by atoms with E-state index < -0.39 is 11.9 Å². The molecule has 1 amide bonds. The molecule has 134 valence electrons. The van der Waals surface area contributed by atoms with E-state index in [4.69, 9.17) is 21.1 Å². The Balaban J connectivity index is 1.56. The molecule has 3 aromatic rings. The Morgan fingerprint density at radius 1 is 1.12 bits per heavy atom. The van der Waals surface area contributed by atoms with Gasteiger partial charge in [-0.05, 0) is 36.4 Å². The lowest BCUT2D eigenvalue weighted by Gasteiger charge is -2.04. The molecular formula is C16H12ClN3O4S2. The second kappa shape index (κ2) is 8.26. The summed E-state index contributed by atoms with van der Waals surface area (Å²) >= 11 is 7.96. The molecule has 1 N–H and O–H groups in total. The maximum Gasteiger partial charge on any atom is 0.348 e. The summed E-state index contributed by atoms with van der Waals surface area (Å²) in [6.07, 6.45) is 0. The summed E-state index contributed by atoms with van der Waals surface area (Å²) < 4.78 is 10.7. The normalized spacial score (nSPS) is 10.4. The number of benzene rings is 1. The standard InChI is InChI=1S/C16H12ClN3O4S2/c1-23-10-4-2-9(3-5-10)18-14(21)15-20-19-13(26-15)8-24-16(22)11-6-7-12(17)25-11/h2-7H,8H2,1H3,(H,18,21). The summed E-state index contributed by atoms with van der Waals surface area (Å²) in [5, 5.41) is 11.0. The van der Waals surface area contributed by atoms with Crippen molar-refractivity contribution < 1.29 is 19.1 Å². The summed E-state index contributed by atoms with van der Waals surface area (Å²) in [5.74, 6) is -0.202. The van der Waals surface area contributed by atoms with E-state index in [-0.39, 0.29) is 11.6 Å². The van der Waals surface area contributed by atoms with Crippen molar-refractivity contribution in [3.63, 3.8) is 0 Å². The van der Waals surface area contributed by atoms with Gasteiger partial charge < -0.3 is 14.8 Å². The number of carbonyl (C=O) groups excluding carboxylic acids is 2. The molecule has 0 radical (unpaired) electrons. The molecule has 10 heteroatoms. The van der Waals surface area contributed by atoms with Crippen molar-refractivity contribution in [3.8, 4) is 5.75 Å². The number of nitrogens with one attached hydrogen (secondary N) is 1. The van der Waals surface area contributed by atoms with Crippen LogP contribution >= 0.6 is 34.3 Å². The van der Waals surface area contributed by atoms with Crippen molar-refractivity contribution in [3.05, 3.63) is 55.6 Å². The molecule has 2 aromatic heterocycles. The lowest BCUT2D eigenvalue weighted by atomic mass is 10.3. The van der Waals surface area contributed by atoms with E-state index in [0.717, 1.165) is 22.7 Å². The van der Waals surface area contributed by atoms with Crippen LogP contribution in [0.5, 0.6) is 5.75 Å². The molecule has 0 bridgehead atoms. The molecule has 0 unspecified atom stereocenters. The number of halogens is 1. The molecule has 0 spiro atoms. The monoisotopic (exact) mass is 409 g/mol. The fraction of sp³-hybridized carbons (Fsp3) is 0.125. The number of carbonyl (C=O) groups is 2. The average molecular weight is 410 g/mol. The lowest BCUT2D eigenvalue weighted by molar-refractivity contribution is 0.0477. The Kier molecular flexibility index (Phi) is 5.82. The minimum Gasteiger partial charge on any atom is -0.497 e. The summed E-state index contributed by atoms with van der Waals surface area (Å²) in [6, 6.07) is 10.1. The molecule has 0 aliphatic heterocycles. The van der Waals surface area contributed by atoms with Crippen LogP contribution in [0.15, 0.2) is 36.4 Å². The minimum absolute atomic E-state index is 0.0676. The zero-order valence-corrected chi connectivity index (χ0v) is 15.8. The molecule has 0 saturated carbocycles. The Morgan fingerprint density at radius 3 is 2.54 bits per heavy atom. The van der Waals surface area contributed by atoms with Crippen molar-refractivity contribution in [1.82, 2.24) is 10.2 Å². The van der Waals surface area contributed by atoms with Crippen molar-refractivity contribution in [2.75, 3.05) is 12.4 Å². The molecule has 0 fully saturated rings. The Labute approximate surface area is 161 Å². The number of anilines is 1. The number of rotatable bonds is 6. The number of nitrogens with zero attached hydrogens (tertiary/aromatic N) is 2. The number of amides is 1. The highest BCUT2D eigenvalue weighted by Crippen LogP contribution is 2.23. The van der Waals surface area contributed by atoms with Gasteiger partial charge in [0.1, 0.15) is 17.2 Å². The number of ether oxygens (including phenoxy) is 2. The van der Waals surface area contributed by atoms with Gasteiger partial charge in [0.15, 0.2) is 5.01 Å². The Morgan fingerprint density at radius 2 is 1.88 bits per heavy atom. The Hall–Kier alpha value is -2.49. The predicted molar refractivity (Wildman–Crippen MR) is 99.3 cm³/mol. The van der Waals surface area contributed by atoms with Crippen LogP contribution in [0.2, 0.25) is 4.34 Å². The van der Waals surface area contributed by atoms with Crippen LogP contribution in [0.4, 0.5) is 5.69 Å². The van der Waals surface area contributed by atoms with E-state index >= 15 is 0 Å². The van der Waals surface area contributed by atoms with E-state index in [2.05, 4.69) is 15.5 Å². The van der Waals surface area contributed by atoms with Gasteiger partial charge in [-0.1, -0.05) is 22.9 Å². The van der Waals surface area contributed by atoms with Gasteiger partial charge in [-0.25, -0.2) is 4.79 Å². The fourth-order valence-corrected chi connectivity index (χ4v) is 3.47. The van der Waals surface area contributed by atoms with Crippen LogP contribution in [-0.2, 0) is 11.3 Å². The molecule has 2 heterocycles. The van der Waals surface area contributed by atoms with Crippen LogP contribution in [0.25, 0.3) is 0 Å². The lowest BCUT2D eigenvalue weighted by Crippen LogP contribution is -2.11. The second-order valence-corrected chi connectivity index (χ2v) is 7.64. The van der Waals surface area contributed by atoms with Crippen LogP contribution in [0.3, 0.4) is 0 Å². The van der Waals surface area contributed by atoms with E-state index in [0.29, 0.717) is 25.7 Å². The van der Waals surface area contributed by atoms with Gasteiger partial charge in [0.05, 0.1) is 11.4 Å². The van der Waals surface area contributed by atoms with Crippen molar-refractivity contribution in [1.29, 1.82) is 0 Å². The predicted octanol–water partition coefficient (Wildman–Crippen LogP) is 3.87. The molecule has 0 atom stereocenters. The van der Waals surface area contributed by atoms with E-state index in [1.165, 1.54) is 0 Å². The highest BCUT2D eigenvalue weighted by Gasteiger charge is 2.16.